The van der Waals surface area contributed by atoms with E-state index < -0.39 is 5.97 Å². The number of ether oxygens (including phenoxy) is 2. The highest BCUT2D eigenvalue weighted by atomic mass is 16.5. The van der Waals surface area contributed by atoms with Gasteiger partial charge in [0.15, 0.2) is 6.61 Å². The number of esters is 1. The number of nitrogens with two attached hydrogens (primary N) is 1. The van der Waals surface area contributed by atoms with Gasteiger partial charge in [0.1, 0.15) is 11.3 Å². The minimum absolute atomic E-state index is 0.110. The third-order valence-electron chi connectivity index (χ3n) is 3.25. The number of hydrogen-bond donors (Lipinski definition) is 1. The molecule has 1 fully saturated rings. The van der Waals surface area contributed by atoms with Crippen LogP contribution in [0.25, 0.3) is 0 Å². The summed E-state index contributed by atoms with van der Waals surface area (Å²) in [5.41, 5.74) is 6.28. The fraction of sp³-hybridized carbons (Fsp3) is 0.429. The van der Waals surface area contributed by atoms with Crippen LogP contribution >= 0.6 is 0 Å². The lowest BCUT2D eigenvalue weighted by molar-refractivity contribution is -0.132. The van der Waals surface area contributed by atoms with E-state index >= 15 is 0 Å². The Bertz CT molecular complexity index is 526. The maximum Gasteiger partial charge on any atom is 0.341 e. The molecule has 0 bridgehead atoms. The molecule has 0 saturated heterocycles. The van der Waals surface area contributed by atoms with Crippen LogP contribution in [0, 0.1) is 0 Å². The van der Waals surface area contributed by atoms with Crippen molar-refractivity contribution in [2.45, 2.75) is 18.9 Å². The Morgan fingerprint density at radius 1 is 1.40 bits per heavy atom. The number of methoxy groups -OCH3 is 1. The van der Waals surface area contributed by atoms with Gasteiger partial charge in [-0.05, 0) is 31.0 Å². The van der Waals surface area contributed by atoms with Crippen molar-refractivity contribution < 1.29 is 19.1 Å². The van der Waals surface area contributed by atoms with Gasteiger partial charge < -0.3 is 20.1 Å². The molecule has 1 aromatic carbocycles. The van der Waals surface area contributed by atoms with Crippen LogP contribution in [0.4, 0.5) is 5.69 Å². The number of nitrogens with zero attached hydrogens (tertiary/aromatic N) is 1. The molecule has 0 atom stereocenters. The van der Waals surface area contributed by atoms with Crippen molar-refractivity contribution >= 4 is 17.6 Å². The van der Waals surface area contributed by atoms with Gasteiger partial charge in [0, 0.05) is 18.8 Å². The lowest BCUT2D eigenvalue weighted by Gasteiger charge is -2.17. The number of benzene rings is 1. The second-order valence-corrected chi connectivity index (χ2v) is 4.77. The molecule has 0 spiro atoms. The second-order valence-electron chi connectivity index (χ2n) is 4.77. The monoisotopic (exact) mass is 278 g/mol. The largest absolute Gasteiger partial charge is 0.483 e. The maximum atomic E-state index is 11.9. The van der Waals surface area contributed by atoms with Crippen LogP contribution in [0.15, 0.2) is 18.2 Å². The van der Waals surface area contributed by atoms with Crippen molar-refractivity contribution in [3.63, 3.8) is 0 Å². The first-order chi connectivity index (χ1) is 9.52. The number of carbonyl (C=O) groups excluding carboxylic acids is 2. The summed E-state index contributed by atoms with van der Waals surface area (Å²) in [7, 11) is 3.04. The molecule has 1 amide bonds. The summed E-state index contributed by atoms with van der Waals surface area (Å²) in [5.74, 6) is -0.362. The minimum atomic E-state index is -0.546. The topological polar surface area (TPSA) is 81.9 Å². The third kappa shape index (κ3) is 3.20. The first-order valence-electron chi connectivity index (χ1n) is 6.39. The van der Waals surface area contributed by atoms with Crippen molar-refractivity contribution in [1.82, 2.24) is 4.90 Å². The quantitative estimate of drug-likeness (QED) is 0.643. The SMILES string of the molecule is COC(=O)c1cc(N)ccc1OCC(=O)N(C)C1CC1. The van der Waals surface area contributed by atoms with Crippen LogP contribution < -0.4 is 10.5 Å². The molecule has 0 aliphatic heterocycles. The summed E-state index contributed by atoms with van der Waals surface area (Å²) >= 11 is 0. The number of likely N-dealkylation sites (N-methyl/N-ethyl adjacent to an activating group) is 1. The Morgan fingerprint density at radius 3 is 2.70 bits per heavy atom. The molecule has 1 saturated carbocycles. The van der Waals surface area contributed by atoms with Gasteiger partial charge in [-0.2, -0.15) is 0 Å². The van der Waals surface area contributed by atoms with Crippen molar-refractivity contribution in [1.29, 1.82) is 0 Å². The normalized spacial score (nSPS) is 13.7. The highest BCUT2D eigenvalue weighted by Crippen LogP contribution is 2.26. The predicted octanol–water partition coefficient (Wildman–Crippen LogP) is 1.05. The van der Waals surface area contributed by atoms with Crippen molar-refractivity contribution in [2.75, 3.05) is 26.5 Å². The Kier molecular flexibility index (Phi) is 4.12. The molecule has 1 aliphatic carbocycles. The van der Waals surface area contributed by atoms with Crippen LogP contribution in [-0.2, 0) is 9.53 Å². The second kappa shape index (κ2) is 5.81. The predicted molar refractivity (Wildman–Crippen MR) is 73.5 cm³/mol. The van der Waals surface area contributed by atoms with Gasteiger partial charge in [0.2, 0.25) is 0 Å². The minimum Gasteiger partial charge on any atom is -0.483 e. The smallest absolute Gasteiger partial charge is 0.341 e. The zero-order chi connectivity index (χ0) is 14.7. The molecule has 2 rings (SSSR count). The number of rotatable bonds is 5. The van der Waals surface area contributed by atoms with Crippen LogP contribution in [0.3, 0.4) is 0 Å². The molecule has 108 valence electrons. The van der Waals surface area contributed by atoms with Crippen molar-refractivity contribution in [3.05, 3.63) is 23.8 Å². The van der Waals surface area contributed by atoms with Crippen LogP contribution in [-0.4, -0.2) is 43.6 Å². The molecule has 6 heteroatoms. The van der Waals surface area contributed by atoms with E-state index in [-0.39, 0.29) is 18.1 Å². The first-order valence-corrected chi connectivity index (χ1v) is 6.39. The van der Waals surface area contributed by atoms with Gasteiger partial charge in [-0.3, -0.25) is 4.79 Å². The van der Waals surface area contributed by atoms with E-state index in [0.717, 1.165) is 12.8 Å². The van der Waals surface area contributed by atoms with Crippen LogP contribution in [0.5, 0.6) is 5.75 Å². The van der Waals surface area contributed by atoms with E-state index in [1.165, 1.54) is 13.2 Å². The van der Waals surface area contributed by atoms with E-state index in [4.69, 9.17) is 10.5 Å². The zero-order valence-corrected chi connectivity index (χ0v) is 11.6. The van der Waals surface area contributed by atoms with Gasteiger partial charge in [-0.25, -0.2) is 4.79 Å². The first kappa shape index (κ1) is 14.2. The van der Waals surface area contributed by atoms with E-state index in [1.54, 1.807) is 24.1 Å². The lowest BCUT2D eigenvalue weighted by Crippen LogP contribution is -2.33. The van der Waals surface area contributed by atoms with E-state index in [2.05, 4.69) is 4.74 Å². The Morgan fingerprint density at radius 2 is 2.10 bits per heavy atom. The molecular weight excluding hydrogens is 260 g/mol. The fourth-order valence-corrected chi connectivity index (χ4v) is 1.85. The zero-order valence-electron chi connectivity index (χ0n) is 11.6. The van der Waals surface area contributed by atoms with E-state index in [9.17, 15) is 9.59 Å². The number of anilines is 1. The Hall–Kier alpha value is -2.24. The molecule has 1 aromatic rings. The summed E-state index contributed by atoms with van der Waals surface area (Å²) in [6.45, 7) is -0.110. The molecule has 1 aliphatic rings. The standard InChI is InChI=1S/C14H18N2O4/c1-16(10-4-5-10)13(17)8-20-12-6-3-9(15)7-11(12)14(18)19-2/h3,6-7,10H,4-5,8,15H2,1-2H3. The summed E-state index contributed by atoms with van der Waals surface area (Å²) in [6.07, 6.45) is 2.08. The molecule has 0 radical (unpaired) electrons. The van der Waals surface area contributed by atoms with E-state index in [0.29, 0.717) is 17.5 Å². The molecule has 20 heavy (non-hydrogen) atoms. The number of hydrogen-bond acceptors (Lipinski definition) is 5. The number of carbonyl (C=O) groups is 2. The summed E-state index contributed by atoms with van der Waals surface area (Å²) in [5, 5.41) is 0. The molecule has 6 nitrogen and oxygen atoms in total. The summed E-state index contributed by atoms with van der Waals surface area (Å²) < 4.78 is 10.1. The molecule has 0 aromatic heterocycles. The number of amides is 1. The summed E-state index contributed by atoms with van der Waals surface area (Å²) in [4.78, 5) is 25.2. The Labute approximate surface area is 117 Å². The average molecular weight is 278 g/mol. The van der Waals surface area contributed by atoms with Gasteiger partial charge in [0.25, 0.3) is 5.91 Å². The fourth-order valence-electron chi connectivity index (χ4n) is 1.85. The Balaban J connectivity index is 2.04. The highest BCUT2D eigenvalue weighted by Gasteiger charge is 2.29. The molecule has 2 N–H and O–H groups in total. The van der Waals surface area contributed by atoms with Crippen LogP contribution in [0.2, 0.25) is 0 Å². The lowest BCUT2D eigenvalue weighted by atomic mass is 10.2. The maximum absolute atomic E-state index is 11.9. The van der Waals surface area contributed by atoms with Gasteiger partial charge in [-0.15, -0.1) is 0 Å². The summed E-state index contributed by atoms with van der Waals surface area (Å²) in [6, 6.07) is 4.97. The third-order valence-corrected chi connectivity index (χ3v) is 3.25. The van der Waals surface area contributed by atoms with Gasteiger partial charge in [0.05, 0.1) is 7.11 Å². The van der Waals surface area contributed by atoms with Crippen LogP contribution in [0.1, 0.15) is 23.2 Å². The average Bonchev–Trinajstić information content (AvgIpc) is 3.28. The van der Waals surface area contributed by atoms with Crippen molar-refractivity contribution in [3.8, 4) is 5.75 Å². The van der Waals surface area contributed by atoms with Gasteiger partial charge >= 0.3 is 5.97 Å². The molecular formula is C14H18N2O4. The molecule has 0 heterocycles. The highest BCUT2D eigenvalue weighted by molar-refractivity contribution is 5.93. The van der Waals surface area contributed by atoms with Crippen molar-refractivity contribution in [2.24, 2.45) is 0 Å². The van der Waals surface area contributed by atoms with Gasteiger partial charge in [-0.1, -0.05) is 0 Å². The molecule has 0 unspecified atom stereocenters. The number of nitrogen functional groups attached to an aromatic ring is 1. The van der Waals surface area contributed by atoms with E-state index in [1.807, 2.05) is 0 Å².